The second kappa shape index (κ2) is 5.45. The molecule has 0 heterocycles. The van der Waals surface area contributed by atoms with Crippen LogP contribution in [0.2, 0.25) is 0 Å². The molecular weight excluding hydrogens is 277 g/mol. The fourth-order valence-corrected chi connectivity index (χ4v) is 5.05. The van der Waals surface area contributed by atoms with Gasteiger partial charge in [-0.05, 0) is 56.9 Å². The number of benzene rings is 1. The Hall–Kier alpha value is -0.940. The second-order valence-electron chi connectivity index (χ2n) is 6.10. The molecule has 0 radical (unpaired) electrons. The van der Waals surface area contributed by atoms with Gasteiger partial charge in [-0.1, -0.05) is 19.3 Å². The van der Waals surface area contributed by atoms with Crippen molar-refractivity contribution in [2.24, 2.45) is 0 Å². The molecule has 5 heteroatoms. The van der Waals surface area contributed by atoms with E-state index < -0.39 is 15.8 Å². The van der Waals surface area contributed by atoms with Crippen LogP contribution in [-0.2, 0) is 10.0 Å². The molecule has 1 saturated carbocycles. The standard InChI is InChI=1S/C15H22FNO2S/c1-11-9-13(16)10-12(2)14(11)20(18,19)17-15(3)7-5-4-6-8-15/h9-10,17H,4-8H2,1-3H3. The Morgan fingerprint density at radius 2 is 1.60 bits per heavy atom. The highest BCUT2D eigenvalue weighted by molar-refractivity contribution is 7.89. The van der Waals surface area contributed by atoms with Crippen molar-refractivity contribution in [2.75, 3.05) is 0 Å². The Kier molecular flexibility index (Phi) is 4.21. The lowest BCUT2D eigenvalue weighted by Crippen LogP contribution is -2.47. The summed E-state index contributed by atoms with van der Waals surface area (Å²) < 4.78 is 41.4. The van der Waals surface area contributed by atoms with Crippen molar-refractivity contribution in [3.8, 4) is 0 Å². The van der Waals surface area contributed by atoms with Crippen LogP contribution in [0.3, 0.4) is 0 Å². The summed E-state index contributed by atoms with van der Waals surface area (Å²) in [6.45, 7) is 5.22. The Bertz CT molecular complexity index is 581. The molecule has 1 N–H and O–H groups in total. The normalized spacial score (nSPS) is 19.0. The van der Waals surface area contributed by atoms with E-state index in [4.69, 9.17) is 0 Å². The van der Waals surface area contributed by atoms with E-state index in [-0.39, 0.29) is 10.4 Å². The van der Waals surface area contributed by atoms with E-state index in [0.717, 1.165) is 32.1 Å². The first kappa shape index (κ1) is 15.4. The predicted octanol–water partition coefficient (Wildman–Crippen LogP) is 3.44. The largest absolute Gasteiger partial charge is 0.241 e. The zero-order valence-corrected chi connectivity index (χ0v) is 13.1. The maximum absolute atomic E-state index is 13.3. The van der Waals surface area contributed by atoms with Gasteiger partial charge in [0.15, 0.2) is 0 Å². The number of hydrogen-bond acceptors (Lipinski definition) is 2. The number of nitrogens with one attached hydrogen (secondary N) is 1. The van der Waals surface area contributed by atoms with Gasteiger partial charge >= 0.3 is 0 Å². The zero-order valence-electron chi connectivity index (χ0n) is 12.3. The maximum atomic E-state index is 13.3. The minimum absolute atomic E-state index is 0.214. The van der Waals surface area contributed by atoms with Crippen molar-refractivity contribution in [1.29, 1.82) is 0 Å². The van der Waals surface area contributed by atoms with E-state index in [1.807, 2.05) is 6.92 Å². The highest BCUT2D eigenvalue weighted by Gasteiger charge is 2.33. The van der Waals surface area contributed by atoms with E-state index >= 15 is 0 Å². The molecule has 0 saturated heterocycles. The van der Waals surface area contributed by atoms with Gasteiger partial charge in [-0.15, -0.1) is 0 Å². The molecule has 0 aromatic heterocycles. The smallest absolute Gasteiger partial charge is 0.207 e. The summed E-state index contributed by atoms with van der Waals surface area (Å²) in [5.74, 6) is -0.400. The number of hydrogen-bond donors (Lipinski definition) is 1. The van der Waals surface area contributed by atoms with Gasteiger partial charge in [0.05, 0.1) is 4.90 Å². The average molecular weight is 299 g/mol. The fraction of sp³-hybridized carbons (Fsp3) is 0.600. The highest BCUT2D eigenvalue weighted by Crippen LogP contribution is 2.30. The summed E-state index contributed by atoms with van der Waals surface area (Å²) in [4.78, 5) is 0.214. The summed E-state index contributed by atoms with van der Waals surface area (Å²) in [7, 11) is -3.61. The minimum Gasteiger partial charge on any atom is -0.207 e. The van der Waals surface area contributed by atoms with Crippen molar-refractivity contribution in [2.45, 2.75) is 63.3 Å². The molecule has 0 atom stereocenters. The third kappa shape index (κ3) is 3.20. The summed E-state index contributed by atoms with van der Waals surface area (Å²) >= 11 is 0. The number of halogens is 1. The van der Waals surface area contributed by atoms with Crippen LogP contribution in [-0.4, -0.2) is 14.0 Å². The molecule has 0 bridgehead atoms. The summed E-state index contributed by atoms with van der Waals surface area (Å²) in [5, 5.41) is 0. The lowest BCUT2D eigenvalue weighted by molar-refractivity contribution is 0.294. The minimum atomic E-state index is -3.61. The number of aryl methyl sites for hydroxylation is 2. The molecule has 0 amide bonds. The molecule has 112 valence electrons. The lowest BCUT2D eigenvalue weighted by Gasteiger charge is -2.34. The fourth-order valence-electron chi connectivity index (χ4n) is 3.13. The van der Waals surface area contributed by atoms with Crippen LogP contribution < -0.4 is 4.72 Å². The topological polar surface area (TPSA) is 46.2 Å². The number of rotatable bonds is 3. The first-order valence-electron chi connectivity index (χ1n) is 7.04. The monoisotopic (exact) mass is 299 g/mol. The van der Waals surface area contributed by atoms with Crippen LogP contribution in [0.5, 0.6) is 0 Å². The molecule has 0 spiro atoms. The Morgan fingerprint density at radius 1 is 1.10 bits per heavy atom. The van der Waals surface area contributed by atoms with Crippen LogP contribution >= 0.6 is 0 Å². The van der Waals surface area contributed by atoms with Gasteiger partial charge in [-0.2, -0.15) is 0 Å². The molecule has 1 aromatic rings. The predicted molar refractivity (Wildman–Crippen MR) is 77.7 cm³/mol. The van der Waals surface area contributed by atoms with Crippen LogP contribution in [0.25, 0.3) is 0 Å². The van der Waals surface area contributed by atoms with E-state index in [1.165, 1.54) is 12.1 Å². The van der Waals surface area contributed by atoms with Crippen molar-refractivity contribution < 1.29 is 12.8 Å². The van der Waals surface area contributed by atoms with E-state index in [2.05, 4.69) is 4.72 Å². The second-order valence-corrected chi connectivity index (χ2v) is 7.71. The molecule has 20 heavy (non-hydrogen) atoms. The van der Waals surface area contributed by atoms with E-state index in [1.54, 1.807) is 13.8 Å². The molecule has 3 nitrogen and oxygen atoms in total. The first-order chi connectivity index (χ1) is 9.23. The Morgan fingerprint density at radius 3 is 2.10 bits per heavy atom. The van der Waals surface area contributed by atoms with Gasteiger partial charge in [0, 0.05) is 5.54 Å². The van der Waals surface area contributed by atoms with Crippen molar-refractivity contribution >= 4 is 10.0 Å². The van der Waals surface area contributed by atoms with Gasteiger partial charge in [-0.25, -0.2) is 17.5 Å². The van der Waals surface area contributed by atoms with Crippen molar-refractivity contribution in [3.63, 3.8) is 0 Å². The lowest BCUT2D eigenvalue weighted by atomic mass is 9.84. The Balaban J connectivity index is 2.36. The summed E-state index contributed by atoms with van der Waals surface area (Å²) in [6, 6.07) is 2.54. The number of sulfonamides is 1. The third-order valence-electron chi connectivity index (χ3n) is 4.03. The molecule has 2 rings (SSSR count). The van der Waals surface area contributed by atoms with Gasteiger partial charge in [-0.3, -0.25) is 0 Å². The molecule has 0 aliphatic heterocycles. The Labute approximate surface area is 120 Å². The third-order valence-corrected chi connectivity index (χ3v) is 5.97. The summed E-state index contributed by atoms with van der Waals surface area (Å²) in [6.07, 6.45) is 4.95. The zero-order chi connectivity index (χ0) is 15.0. The quantitative estimate of drug-likeness (QED) is 0.929. The van der Waals surface area contributed by atoms with Crippen LogP contribution in [0, 0.1) is 19.7 Å². The van der Waals surface area contributed by atoms with Gasteiger partial charge < -0.3 is 0 Å². The molecule has 1 aliphatic carbocycles. The molecule has 0 unspecified atom stereocenters. The van der Waals surface area contributed by atoms with Crippen LogP contribution in [0.1, 0.15) is 50.2 Å². The average Bonchev–Trinajstić information content (AvgIpc) is 2.25. The molecule has 1 fully saturated rings. The van der Waals surface area contributed by atoms with E-state index in [9.17, 15) is 12.8 Å². The van der Waals surface area contributed by atoms with Crippen LogP contribution in [0.4, 0.5) is 4.39 Å². The SMILES string of the molecule is Cc1cc(F)cc(C)c1S(=O)(=O)NC1(C)CCCCC1. The van der Waals surface area contributed by atoms with Gasteiger partial charge in [0.2, 0.25) is 10.0 Å². The summed E-state index contributed by atoms with van der Waals surface area (Å²) in [5.41, 5.74) is 0.522. The molecule has 1 aliphatic rings. The van der Waals surface area contributed by atoms with Gasteiger partial charge in [0.25, 0.3) is 0 Å². The van der Waals surface area contributed by atoms with Gasteiger partial charge in [0.1, 0.15) is 5.82 Å². The highest BCUT2D eigenvalue weighted by atomic mass is 32.2. The van der Waals surface area contributed by atoms with Crippen LogP contribution in [0.15, 0.2) is 17.0 Å². The molecule has 1 aromatic carbocycles. The van der Waals surface area contributed by atoms with E-state index in [0.29, 0.717) is 11.1 Å². The first-order valence-corrected chi connectivity index (χ1v) is 8.53. The maximum Gasteiger partial charge on any atom is 0.241 e. The van der Waals surface area contributed by atoms with Crippen molar-refractivity contribution in [3.05, 3.63) is 29.1 Å². The molecular formula is C15H22FNO2S. The van der Waals surface area contributed by atoms with Crippen molar-refractivity contribution in [1.82, 2.24) is 4.72 Å².